The summed E-state index contributed by atoms with van der Waals surface area (Å²) in [6.07, 6.45) is 2.28. The minimum atomic E-state index is -0.780. The van der Waals surface area contributed by atoms with Gasteiger partial charge in [0.25, 0.3) is 0 Å². The van der Waals surface area contributed by atoms with Gasteiger partial charge in [0.05, 0.1) is 23.3 Å². The summed E-state index contributed by atoms with van der Waals surface area (Å²) < 4.78 is 30.4. The molecule has 1 aliphatic carbocycles. The maximum absolute atomic E-state index is 13.8. The monoisotopic (exact) mass is 555 g/mol. The fourth-order valence-corrected chi connectivity index (χ4v) is 5.88. The molecule has 0 saturated carbocycles. The lowest BCUT2D eigenvalue weighted by Gasteiger charge is -2.37. The molecule has 1 saturated heterocycles. The lowest BCUT2D eigenvalue weighted by atomic mass is 9.71. The number of carbonyl (C=O) groups excluding carboxylic acids is 2. The highest BCUT2D eigenvalue weighted by Crippen LogP contribution is 2.48. The number of carbonyl (C=O) groups is 2. The van der Waals surface area contributed by atoms with Gasteiger partial charge in [-0.2, -0.15) is 0 Å². The average Bonchev–Trinajstić information content (AvgIpc) is 3.43. The van der Waals surface area contributed by atoms with Gasteiger partial charge in [-0.1, -0.05) is 23.7 Å². The van der Waals surface area contributed by atoms with E-state index < -0.39 is 11.9 Å². The number of hydrogen-bond donors (Lipinski definition) is 2. The maximum Gasteiger partial charge on any atom is 0.336 e. The van der Waals surface area contributed by atoms with E-state index >= 15 is 0 Å². The molecule has 0 aromatic heterocycles. The third-order valence-electron chi connectivity index (χ3n) is 7.50. The molecule has 3 aliphatic rings. The van der Waals surface area contributed by atoms with Crippen LogP contribution in [0, 0.1) is 5.82 Å². The van der Waals surface area contributed by atoms with Gasteiger partial charge in [0, 0.05) is 35.9 Å². The van der Waals surface area contributed by atoms with Crippen LogP contribution in [0.15, 0.2) is 58.9 Å². The predicted octanol–water partition coefficient (Wildman–Crippen LogP) is 5.67. The molecule has 39 heavy (non-hydrogen) atoms. The first-order valence-corrected chi connectivity index (χ1v) is 13.6. The topological polar surface area (TPSA) is 94.1 Å². The number of phenolic OH excluding ortho intramolecular Hbond substituents is 1. The Hall–Kier alpha value is -3.36. The summed E-state index contributed by atoms with van der Waals surface area (Å²) in [4.78, 5) is 27.3. The number of hydrogen-bond acceptors (Lipinski definition) is 7. The number of rotatable bonds is 7. The summed E-state index contributed by atoms with van der Waals surface area (Å²) in [5.74, 6) is -2.00. The lowest BCUT2D eigenvalue weighted by Crippen LogP contribution is -2.36. The van der Waals surface area contributed by atoms with Crippen molar-refractivity contribution in [2.45, 2.75) is 57.5 Å². The van der Waals surface area contributed by atoms with Crippen LogP contribution in [0.25, 0.3) is 0 Å². The fourth-order valence-electron chi connectivity index (χ4n) is 5.66. The van der Waals surface area contributed by atoms with Crippen molar-refractivity contribution < 1.29 is 33.3 Å². The van der Waals surface area contributed by atoms with Crippen LogP contribution < -0.4 is 10.1 Å². The van der Waals surface area contributed by atoms with Gasteiger partial charge < -0.3 is 24.6 Å². The zero-order chi connectivity index (χ0) is 27.7. The third-order valence-corrected chi connectivity index (χ3v) is 7.79. The number of benzene rings is 2. The van der Waals surface area contributed by atoms with Crippen molar-refractivity contribution in [1.82, 2.24) is 5.32 Å². The summed E-state index contributed by atoms with van der Waals surface area (Å²) in [6.45, 7) is 4.60. The van der Waals surface area contributed by atoms with Crippen LogP contribution in [0.2, 0.25) is 5.02 Å². The zero-order valence-electron chi connectivity index (χ0n) is 21.9. The van der Waals surface area contributed by atoms with Crippen molar-refractivity contribution in [3.63, 3.8) is 0 Å². The van der Waals surface area contributed by atoms with Crippen molar-refractivity contribution in [2.24, 2.45) is 0 Å². The van der Waals surface area contributed by atoms with Crippen molar-refractivity contribution in [1.29, 1.82) is 0 Å². The largest absolute Gasteiger partial charge is 0.503 e. The van der Waals surface area contributed by atoms with Gasteiger partial charge in [-0.05, 0) is 74.4 Å². The maximum atomic E-state index is 13.8. The number of esters is 1. The molecule has 0 radical (unpaired) electrons. The van der Waals surface area contributed by atoms with E-state index in [2.05, 4.69) is 5.32 Å². The van der Waals surface area contributed by atoms with Crippen molar-refractivity contribution in [3.8, 4) is 11.5 Å². The molecule has 0 unspecified atom stereocenters. The Bertz CT molecular complexity index is 1350. The number of nitrogens with one attached hydrogen (secondary N) is 1. The Labute approximate surface area is 231 Å². The highest BCUT2D eigenvalue weighted by atomic mass is 35.5. The first-order valence-electron chi connectivity index (χ1n) is 13.2. The van der Waals surface area contributed by atoms with Gasteiger partial charge in [-0.3, -0.25) is 4.79 Å². The Morgan fingerprint density at radius 1 is 1.21 bits per heavy atom. The molecule has 0 amide bonds. The molecule has 7 nitrogen and oxygen atoms in total. The number of Topliss-reactive ketones (excluding diaryl/α,β-unsaturated/α-hetero) is 1. The molecule has 2 N–H and O–H groups in total. The van der Waals surface area contributed by atoms with Crippen LogP contribution in [-0.2, 0) is 19.1 Å². The van der Waals surface area contributed by atoms with E-state index in [9.17, 15) is 19.1 Å². The molecule has 0 spiro atoms. The highest BCUT2D eigenvalue weighted by Gasteiger charge is 2.42. The second kappa shape index (κ2) is 11.4. The molecule has 1 fully saturated rings. The number of dihydropyridines is 1. The SMILES string of the molecule is CCOc1cc([C@@H]2C(C(=O)OC[C@@H]3CCCO3)=C(C)NC3=C2C(=O)C[C@H](c2ccc(F)cc2)C3)cc(Cl)c1O. The van der Waals surface area contributed by atoms with E-state index in [4.69, 9.17) is 25.8 Å². The zero-order valence-corrected chi connectivity index (χ0v) is 22.6. The van der Waals surface area contributed by atoms with Gasteiger partial charge in [0.2, 0.25) is 0 Å². The quantitative estimate of drug-likeness (QED) is 0.425. The summed E-state index contributed by atoms with van der Waals surface area (Å²) in [7, 11) is 0. The molecule has 2 aliphatic heterocycles. The van der Waals surface area contributed by atoms with E-state index in [0.29, 0.717) is 41.1 Å². The van der Waals surface area contributed by atoms with Crippen molar-refractivity contribution >= 4 is 23.4 Å². The van der Waals surface area contributed by atoms with E-state index in [1.54, 1.807) is 38.1 Å². The molecule has 5 rings (SSSR count). The lowest BCUT2D eigenvalue weighted by molar-refractivity contribution is -0.142. The number of ether oxygens (including phenoxy) is 3. The molecule has 2 aromatic carbocycles. The van der Waals surface area contributed by atoms with Gasteiger partial charge in [0.1, 0.15) is 12.4 Å². The van der Waals surface area contributed by atoms with Gasteiger partial charge in [-0.15, -0.1) is 0 Å². The second-order valence-electron chi connectivity index (χ2n) is 10.1. The minimum absolute atomic E-state index is 0.0498. The molecule has 206 valence electrons. The van der Waals surface area contributed by atoms with E-state index in [-0.39, 0.29) is 59.8 Å². The van der Waals surface area contributed by atoms with Gasteiger partial charge in [0.15, 0.2) is 17.3 Å². The number of allylic oxidation sites excluding steroid dienone is 3. The van der Waals surface area contributed by atoms with E-state index in [1.807, 2.05) is 0 Å². The Balaban J connectivity index is 1.56. The van der Waals surface area contributed by atoms with Crippen LogP contribution in [-0.4, -0.2) is 42.8 Å². The van der Waals surface area contributed by atoms with Crippen LogP contribution >= 0.6 is 11.6 Å². The number of ketones is 1. The molecular formula is C30H31ClFNO6. The van der Waals surface area contributed by atoms with Gasteiger partial charge in [-0.25, -0.2) is 9.18 Å². The van der Waals surface area contributed by atoms with Crippen LogP contribution in [0.5, 0.6) is 11.5 Å². The third kappa shape index (κ3) is 5.54. The van der Waals surface area contributed by atoms with Crippen LogP contribution in [0.4, 0.5) is 4.39 Å². The molecule has 0 bridgehead atoms. The molecule has 9 heteroatoms. The Morgan fingerprint density at radius 2 is 1.97 bits per heavy atom. The predicted molar refractivity (Wildman–Crippen MR) is 143 cm³/mol. The molecule has 2 aromatic rings. The molecule has 2 heterocycles. The summed E-state index contributed by atoms with van der Waals surface area (Å²) in [5, 5.41) is 13.8. The molecule has 3 atom stereocenters. The van der Waals surface area contributed by atoms with Crippen molar-refractivity contribution in [2.75, 3.05) is 19.8 Å². The molecular weight excluding hydrogens is 525 g/mol. The smallest absolute Gasteiger partial charge is 0.336 e. The average molecular weight is 556 g/mol. The number of halogens is 2. The Morgan fingerprint density at radius 3 is 2.67 bits per heavy atom. The number of aromatic hydroxyl groups is 1. The van der Waals surface area contributed by atoms with E-state index in [0.717, 1.165) is 18.4 Å². The van der Waals surface area contributed by atoms with E-state index in [1.165, 1.54) is 12.1 Å². The summed E-state index contributed by atoms with van der Waals surface area (Å²) >= 11 is 6.39. The number of phenols is 1. The normalized spacial score (nSPS) is 23.0. The van der Waals surface area contributed by atoms with Crippen LogP contribution in [0.3, 0.4) is 0 Å². The van der Waals surface area contributed by atoms with Crippen molar-refractivity contribution in [3.05, 3.63) is 80.9 Å². The fraction of sp³-hybridized carbons (Fsp3) is 0.400. The first-order chi connectivity index (χ1) is 18.8. The first kappa shape index (κ1) is 27.2. The second-order valence-corrected chi connectivity index (χ2v) is 10.5. The summed E-state index contributed by atoms with van der Waals surface area (Å²) in [6, 6.07) is 9.35. The van der Waals surface area contributed by atoms with Gasteiger partial charge >= 0.3 is 5.97 Å². The van der Waals surface area contributed by atoms with Crippen LogP contribution in [0.1, 0.15) is 62.5 Å². The standard InChI is InChI=1S/C30H31ClFNO6/c1-3-37-25-14-19(11-22(31)29(25)35)27-26(30(36)39-15-21-5-4-10-38-21)16(2)33-23-12-18(13-24(34)28(23)27)17-6-8-20(32)9-7-17/h6-9,11,14,18,21,27,33,35H,3-5,10,12-13,15H2,1-2H3/t18-,21+,27-/m1/s1. The Kier molecular flexibility index (Phi) is 7.96. The summed E-state index contributed by atoms with van der Waals surface area (Å²) in [5.41, 5.74) is 3.40. The highest BCUT2D eigenvalue weighted by molar-refractivity contribution is 6.32. The minimum Gasteiger partial charge on any atom is -0.503 e.